The van der Waals surface area contributed by atoms with E-state index in [1.165, 1.54) is 58.2 Å². The van der Waals surface area contributed by atoms with Crippen molar-refractivity contribution in [2.45, 2.75) is 45.4 Å². The minimum atomic E-state index is 1.23. The van der Waals surface area contributed by atoms with E-state index >= 15 is 0 Å². The summed E-state index contributed by atoms with van der Waals surface area (Å²) < 4.78 is 0. The van der Waals surface area contributed by atoms with Crippen LogP contribution in [0.3, 0.4) is 0 Å². The highest BCUT2D eigenvalue weighted by molar-refractivity contribution is 4.54. The minimum absolute atomic E-state index is 1.23. The van der Waals surface area contributed by atoms with E-state index in [1.807, 2.05) is 0 Å². The normalized spacial score (nSPS) is 17.1. The lowest BCUT2D eigenvalue weighted by Gasteiger charge is -2.05. The van der Waals surface area contributed by atoms with Gasteiger partial charge in [-0.2, -0.15) is 0 Å². The van der Waals surface area contributed by atoms with Crippen LogP contribution in [0.5, 0.6) is 0 Å². The molecule has 0 unspecified atom stereocenters. The van der Waals surface area contributed by atoms with Crippen LogP contribution in [0.4, 0.5) is 0 Å². The van der Waals surface area contributed by atoms with Crippen molar-refractivity contribution in [3.05, 3.63) is 0 Å². The number of nitrogens with zero attached hydrogens (tertiary/aromatic N) is 1. The fourth-order valence-electron chi connectivity index (χ4n) is 1.45. The van der Waals surface area contributed by atoms with Crippen molar-refractivity contribution in [2.24, 2.45) is 0 Å². The van der Waals surface area contributed by atoms with Gasteiger partial charge in [0.05, 0.1) is 0 Å². The van der Waals surface area contributed by atoms with Gasteiger partial charge in [0.1, 0.15) is 0 Å². The number of hydrogen-bond donors (Lipinski definition) is 1. The molecule has 86 valence electrons. The van der Waals surface area contributed by atoms with E-state index in [0.29, 0.717) is 0 Å². The molecule has 1 N–H and O–H groups in total. The molecule has 1 aliphatic rings. The van der Waals surface area contributed by atoms with Crippen molar-refractivity contribution in [1.29, 1.82) is 0 Å². The van der Waals surface area contributed by atoms with Gasteiger partial charge in [0.2, 0.25) is 0 Å². The van der Waals surface area contributed by atoms with E-state index in [0.717, 1.165) is 0 Å². The van der Waals surface area contributed by atoms with Crippen molar-refractivity contribution in [3.8, 4) is 0 Å². The second kappa shape index (κ2) is 11.0. The first-order valence-electron chi connectivity index (χ1n) is 6.12. The molecule has 2 nitrogen and oxygen atoms in total. The van der Waals surface area contributed by atoms with E-state index < -0.39 is 0 Å². The van der Waals surface area contributed by atoms with Crippen LogP contribution in [0.25, 0.3) is 0 Å². The predicted molar refractivity (Wildman–Crippen MR) is 64.8 cm³/mol. The van der Waals surface area contributed by atoms with Gasteiger partial charge in [-0.1, -0.05) is 26.2 Å². The Bertz CT molecular complexity index is 82.8. The lowest BCUT2D eigenvalue weighted by Crippen LogP contribution is -2.12. The van der Waals surface area contributed by atoms with Gasteiger partial charge in [-0.15, -0.1) is 0 Å². The molecule has 2 heteroatoms. The Balaban J connectivity index is 0.000000241. The summed E-state index contributed by atoms with van der Waals surface area (Å²) in [6.07, 6.45) is 8.28. The monoisotopic (exact) mass is 200 g/mol. The van der Waals surface area contributed by atoms with Crippen molar-refractivity contribution in [1.82, 2.24) is 10.2 Å². The van der Waals surface area contributed by atoms with Crippen molar-refractivity contribution in [3.63, 3.8) is 0 Å². The van der Waals surface area contributed by atoms with Crippen LogP contribution in [0.2, 0.25) is 0 Å². The fourth-order valence-corrected chi connectivity index (χ4v) is 1.45. The summed E-state index contributed by atoms with van der Waals surface area (Å²) in [7, 11) is 4.21. The number of hydrogen-bond acceptors (Lipinski definition) is 2. The predicted octanol–water partition coefficient (Wildman–Crippen LogP) is 2.50. The highest BCUT2D eigenvalue weighted by Gasteiger charge is 1.94. The summed E-state index contributed by atoms with van der Waals surface area (Å²) in [5.74, 6) is 0. The Morgan fingerprint density at radius 1 is 1.00 bits per heavy atom. The standard InChI is InChI=1S/C6H13N.C6H15N/c1-2-4-6-7-5-3-1;1-4-5-6-7(2)3/h7H,1-6H2;4-6H2,1-3H3. The fraction of sp³-hybridized carbons (Fsp3) is 1.00. The molecule has 0 aromatic heterocycles. The first kappa shape index (κ1) is 13.9. The minimum Gasteiger partial charge on any atom is -0.317 e. The van der Waals surface area contributed by atoms with Crippen molar-refractivity contribution < 1.29 is 0 Å². The first-order chi connectivity index (χ1) is 6.77. The van der Waals surface area contributed by atoms with E-state index in [2.05, 4.69) is 31.2 Å². The molecule has 0 saturated carbocycles. The Morgan fingerprint density at radius 2 is 1.57 bits per heavy atom. The largest absolute Gasteiger partial charge is 0.317 e. The first-order valence-corrected chi connectivity index (χ1v) is 6.12. The molecule has 0 atom stereocenters. The summed E-state index contributed by atoms with van der Waals surface area (Å²) in [6.45, 7) is 5.94. The topological polar surface area (TPSA) is 15.3 Å². The smallest absolute Gasteiger partial charge is 0.00249 e. The Morgan fingerprint density at radius 3 is 1.93 bits per heavy atom. The van der Waals surface area contributed by atoms with Gasteiger partial charge >= 0.3 is 0 Å². The summed E-state index contributed by atoms with van der Waals surface area (Å²) >= 11 is 0. The Labute approximate surface area is 90.1 Å². The molecule has 0 bridgehead atoms. The van der Waals surface area contributed by atoms with Gasteiger partial charge < -0.3 is 10.2 Å². The van der Waals surface area contributed by atoms with Crippen LogP contribution in [0.1, 0.15) is 45.4 Å². The zero-order valence-corrected chi connectivity index (χ0v) is 10.3. The second-order valence-electron chi connectivity index (χ2n) is 4.32. The van der Waals surface area contributed by atoms with E-state index in [-0.39, 0.29) is 0 Å². The van der Waals surface area contributed by atoms with Crippen molar-refractivity contribution >= 4 is 0 Å². The van der Waals surface area contributed by atoms with Crippen LogP contribution >= 0.6 is 0 Å². The van der Waals surface area contributed by atoms with Crippen LogP contribution < -0.4 is 5.32 Å². The molecular formula is C12H28N2. The molecule has 14 heavy (non-hydrogen) atoms. The molecule has 0 aromatic rings. The average Bonchev–Trinajstić information content (AvgIpc) is 2.46. The lowest BCUT2D eigenvalue weighted by molar-refractivity contribution is 0.398. The molecule has 0 spiro atoms. The number of unbranched alkanes of at least 4 members (excludes halogenated alkanes) is 1. The van der Waals surface area contributed by atoms with Gasteiger partial charge in [-0.3, -0.25) is 0 Å². The van der Waals surface area contributed by atoms with Crippen LogP contribution in [0, 0.1) is 0 Å². The zero-order chi connectivity index (χ0) is 10.6. The molecular weight excluding hydrogens is 172 g/mol. The van der Waals surface area contributed by atoms with E-state index in [9.17, 15) is 0 Å². The highest BCUT2D eigenvalue weighted by atomic mass is 15.0. The maximum Gasteiger partial charge on any atom is -0.00249 e. The molecule has 0 amide bonds. The Hall–Kier alpha value is -0.0800. The summed E-state index contributed by atoms with van der Waals surface area (Å²) in [5, 5.41) is 3.35. The van der Waals surface area contributed by atoms with Gasteiger partial charge in [-0.25, -0.2) is 0 Å². The highest BCUT2D eigenvalue weighted by Crippen LogP contribution is 2.00. The van der Waals surface area contributed by atoms with Gasteiger partial charge in [-0.05, 0) is 53.0 Å². The average molecular weight is 200 g/mol. The molecule has 1 fully saturated rings. The number of rotatable bonds is 3. The summed E-state index contributed by atoms with van der Waals surface area (Å²) in [5.41, 5.74) is 0. The zero-order valence-electron chi connectivity index (χ0n) is 10.3. The molecule has 0 radical (unpaired) electrons. The molecule has 0 aliphatic carbocycles. The Kier molecular flexibility index (Phi) is 10.9. The van der Waals surface area contributed by atoms with Crippen LogP contribution in [0.15, 0.2) is 0 Å². The van der Waals surface area contributed by atoms with Crippen LogP contribution in [-0.2, 0) is 0 Å². The van der Waals surface area contributed by atoms with Gasteiger partial charge in [0.25, 0.3) is 0 Å². The third-order valence-corrected chi connectivity index (χ3v) is 2.42. The third-order valence-electron chi connectivity index (χ3n) is 2.42. The van der Waals surface area contributed by atoms with Gasteiger partial charge in [0.15, 0.2) is 0 Å². The third kappa shape index (κ3) is 11.9. The quantitative estimate of drug-likeness (QED) is 0.753. The SMILES string of the molecule is C1CCCNCC1.CCCCN(C)C. The number of nitrogens with one attached hydrogen (secondary N) is 1. The summed E-state index contributed by atoms with van der Waals surface area (Å²) in [6, 6.07) is 0. The summed E-state index contributed by atoms with van der Waals surface area (Å²) in [4.78, 5) is 2.21. The maximum absolute atomic E-state index is 3.35. The molecule has 1 rings (SSSR count). The maximum atomic E-state index is 3.35. The van der Waals surface area contributed by atoms with Crippen molar-refractivity contribution in [2.75, 3.05) is 33.7 Å². The van der Waals surface area contributed by atoms with Crippen LogP contribution in [-0.4, -0.2) is 38.6 Å². The second-order valence-corrected chi connectivity index (χ2v) is 4.32. The molecule has 1 heterocycles. The van der Waals surface area contributed by atoms with E-state index in [1.54, 1.807) is 0 Å². The van der Waals surface area contributed by atoms with Gasteiger partial charge in [0, 0.05) is 0 Å². The molecule has 0 aromatic carbocycles. The lowest BCUT2D eigenvalue weighted by atomic mass is 10.2. The van der Waals surface area contributed by atoms with E-state index in [4.69, 9.17) is 0 Å². The molecule has 1 saturated heterocycles. The molecule has 1 aliphatic heterocycles.